The van der Waals surface area contributed by atoms with Gasteiger partial charge in [0, 0.05) is 24.7 Å². The van der Waals surface area contributed by atoms with Crippen molar-refractivity contribution in [2.75, 3.05) is 18.6 Å². The van der Waals surface area contributed by atoms with Crippen molar-refractivity contribution in [1.82, 2.24) is 0 Å². The molecule has 3 nitrogen and oxygen atoms in total. The van der Waals surface area contributed by atoms with Gasteiger partial charge in [0.1, 0.15) is 5.75 Å². The molecule has 1 saturated heterocycles. The van der Waals surface area contributed by atoms with E-state index in [1.807, 2.05) is 29.2 Å². The largest absolute Gasteiger partial charge is 0.497 e. The van der Waals surface area contributed by atoms with Gasteiger partial charge < -0.3 is 9.64 Å². The minimum absolute atomic E-state index is 0.204. The van der Waals surface area contributed by atoms with Gasteiger partial charge in [0.15, 0.2) is 0 Å². The van der Waals surface area contributed by atoms with Crippen LogP contribution < -0.4 is 9.64 Å². The lowest BCUT2D eigenvalue weighted by atomic mass is 10.2. The summed E-state index contributed by atoms with van der Waals surface area (Å²) >= 11 is 0. The smallest absolute Gasteiger partial charge is 0.227 e. The predicted octanol–water partition coefficient (Wildman–Crippen LogP) is 2.07. The van der Waals surface area contributed by atoms with Gasteiger partial charge in [-0.05, 0) is 18.1 Å². The molecule has 0 N–H and O–H groups in total. The molecule has 1 aromatic carbocycles. The first kappa shape index (κ1) is 10.0. The topological polar surface area (TPSA) is 29.5 Å². The molecule has 1 atom stereocenters. The van der Waals surface area contributed by atoms with E-state index in [1.165, 1.54) is 0 Å². The Labute approximate surface area is 89.7 Å². The summed E-state index contributed by atoms with van der Waals surface area (Å²) in [7, 11) is 1.63. The third-order valence-corrected chi connectivity index (χ3v) is 2.68. The average Bonchev–Trinajstić information content (AvgIpc) is 2.58. The van der Waals surface area contributed by atoms with Crippen LogP contribution in [0, 0.1) is 5.92 Å². The fourth-order valence-electron chi connectivity index (χ4n) is 1.91. The normalized spacial score (nSPS) is 20.8. The summed E-state index contributed by atoms with van der Waals surface area (Å²) in [6.45, 7) is 2.91. The lowest BCUT2D eigenvalue weighted by Crippen LogP contribution is -2.24. The molecule has 15 heavy (non-hydrogen) atoms. The standard InChI is InChI=1S/C12H15NO2/c1-9-6-12(14)13(8-9)10-4-3-5-11(7-10)15-2/h3-5,7,9H,6,8H2,1-2H3. The Morgan fingerprint density at radius 2 is 2.27 bits per heavy atom. The molecule has 0 bridgehead atoms. The van der Waals surface area contributed by atoms with Crippen molar-refractivity contribution in [3.8, 4) is 5.75 Å². The van der Waals surface area contributed by atoms with E-state index >= 15 is 0 Å². The van der Waals surface area contributed by atoms with Crippen molar-refractivity contribution in [2.45, 2.75) is 13.3 Å². The van der Waals surface area contributed by atoms with E-state index in [9.17, 15) is 4.79 Å². The number of rotatable bonds is 2. The molecule has 80 valence electrons. The monoisotopic (exact) mass is 205 g/mol. The van der Waals surface area contributed by atoms with Gasteiger partial charge in [-0.25, -0.2) is 0 Å². The summed E-state index contributed by atoms with van der Waals surface area (Å²) in [5, 5.41) is 0. The van der Waals surface area contributed by atoms with Crippen LogP contribution in [0.2, 0.25) is 0 Å². The molecular weight excluding hydrogens is 190 g/mol. The average molecular weight is 205 g/mol. The Bertz CT molecular complexity index is 376. The number of anilines is 1. The molecule has 1 unspecified atom stereocenters. The molecule has 1 heterocycles. The molecule has 0 radical (unpaired) electrons. The number of hydrogen-bond donors (Lipinski definition) is 0. The number of carbonyl (C=O) groups excluding carboxylic acids is 1. The molecule has 0 saturated carbocycles. The van der Waals surface area contributed by atoms with Crippen molar-refractivity contribution in [2.24, 2.45) is 5.92 Å². The number of benzene rings is 1. The van der Waals surface area contributed by atoms with E-state index in [1.54, 1.807) is 7.11 Å². The van der Waals surface area contributed by atoms with E-state index in [0.717, 1.165) is 18.0 Å². The molecule has 1 aromatic rings. The highest BCUT2D eigenvalue weighted by Crippen LogP contribution is 2.27. The van der Waals surface area contributed by atoms with Crippen LogP contribution in [0.15, 0.2) is 24.3 Å². The highest BCUT2D eigenvalue weighted by molar-refractivity contribution is 5.95. The first-order valence-corrected chi connectivity index (χ1v) is 5.15. The van der Waals surface area contributed by atoms with E-state index < -0.39 is 0 Å². The van der Waals surface area contributed by atoms with E-state index in [0.29, 0.717) is 12.3 Å². The zero-order valence-corrected chi connectivity index (χ0v) is 9.06. The van der Waals surface area contributed by atoms with Crippen LogP contribution in [0.1, 0.15) is 13.3 Å². The summed E-state index contributed by atoms with van der Waals surface area (Å²) in [5.74, 6) is 1.44. The molecule has 0 aromatic heterocycles. The number of ether oxygens (including phenoxy) is 1. The first-order valence-electron chi connectivity index (χ1n) is 5.15. The van der Waals surface area contributed by atoms with Gasteiger partial charge in [-0.2, -0.15) is 0 Å². The molecule has 1 aliphatic heterocycles. The fraction of sp³-hybridized carbons (Fsp3) is 0.417. The molecule has 1 aliphatic rings. The van der Waals surface area contributed by atoms with Gasteiger partial charge in [-0.15, -0.1) is 0 Å². The van der Waals surface area contributed by atoms with Crippen LogP contribution in [0.3, 0.4) is 0 Å². The van der Waals surface area contributed by atoms with E-state index in [2.05, 4.69) is 6.92 Å². The Morgan fingerprint density at radius 3 is 2.87 bits per heavy atom. The van der Waals surface area contributed by atoms with Crippen LogP contribution >= 0.6 is 0 Å². The molecule has 0 aliphatic carbocycles. The molecule has 3 heteroatoms. The van der Waals surface area contributed by atoms with Gasteiger partial charge in [0.25, 0.3) is 0 Å². The van der Waals surface area contributed by atoms with Crippen molar-refractivity contribution >= 4 is 11.6 Å². The Hall–Kier alpha value is -1.51. The molecular formula is C12H15NO2. The number of methoxy groups -OCH3 is 1. The second-order valence-corrected chi connectivity index (χ2v) is 4.02. The van der Waals surface area contributed by atoms with Gasteiger partial charge in [0.05, 0.1) is 7.11 Å². The highest BCUT2D eigenvalue weighted by Gasteiger charge is 2.27. The Balaban J connectivity index is 2.25. The summed E-state index contributed by atoms with van der Waals surface area (Å²) in [6.07, 6.45) is 0.650. The Kier molecular flexibility index (Phi) is 2.62. The maximum absolute atomic E-state index is 11.7. The number of hydrogen-bond acceptors (Lipinski definition) is 2. The number of carbonyl (C=O) groups is 1. The number of amides is 1. The Morgan fingerprint density at radius 1 is 1.47 bits per heavy atom. The second-order valence-electron chi connectivity index (χ2n) is 4.02. The summed E-state index contributed by atoms with van der Waals surface area (Å²) < 4.78 is 5.14. The zero-order valence-electron chi connectivity index (χ0n) is 9.06. The van der Waals surface area contributed by atoms with E-state index in [4.69, 9.17) is 4.74 Å². The van der Waals surface area contributed by atoms with Gasteiger partial charge >= 0.3 is 0 Å². The molecule has 1 fully saturated rings. The third-order valence-electron chi connectivity index (χ3n) is 2.68. The van der Waals surface area contributed by atoms with Crippen LogP contribution in [0.4, 0.5) is 5.69 Å². The zero-order chi connectivity index (χ0) is 10.8. The van der Waals surface area contributed by atoms with Gasteiger partial charge in [0.2, 0.25) is 5.91 Å². The van der Waals surface area contributed by atoms with Crippen LogP contribution in [0.5, 0.6) is 5.75 Å². The highest BCUT2D eigenvalue weighted by atomic mass is 16.5. The third kappa shape index (κ3) is 1.96. The van der Waals surface area contributed by atoms with Crippen molar-refractivity contribution in [3.63, 3.8) is 0 Å². The van der Waals surface area contributed by atoms with Crippen molar-refractivity contribution < 1.29 is 9.53 Å². The fourth-order valence-corrected chi connectivity index (χ4v) is 1.91. The van der Waals surface area contributed by atoms with Crippen LogP contribution in [0.25, 0.3) is 0 Å². The second kappa shape index (κ2) is 3.93. The summed E-state index contributed by atoms with van der Waals surface area (Å²) in [6, 6.07) is 7.63. The molecule has 1 amide bonds. The molecule has 0 spiro atoms. The maximum Gasteiger partial charge on any atom is 0.227 e. The summed E-state index contributed by atoms with van der Waals surface area (Å²) in [5.41, 5.74) is 0.934. The van der Waals surface area contributed by atoms with Crippen molar-refractivity contribution in [3.05, 3.63) is 24.3 Å². The van der Waals surface area contributed by atoms with Crippen molar-refractivity contribution in [1.29, 1.82) is 0 Å². The maximum atomic E-state index is 11.7. The number of nitrogens with zero attached hydrogens (tertiary/aromatic N) is 1. The van der Waals surface area contributed by atoms with Gasteiger partial charge in [-0.1, -0.05) is 13.0 Å². The minimum atomic E-state index is 0.204. The molecule has 2 rings (SSSR count). The van der Waals surface area contributed by atoms with Crippen LogP contribution in [-0.2, 0) is 4.79 Å². The quantitative estimate of drug-likeness (QED) is 0.739. The van der Waals surface area contributed by atoms with Gasteiger partial charge in [-0.3, -0.25) is 4.79 Å². The SMILES string of the molecule is COc1cccc(N2CC(C)CC2=O)c1. The van der Waals surface area contributed by atoms with Crippen LogP contribution in [-0.4, -0.2) is 19.6 Å². The van der Waals surface area contributed by atoms with E-state index in [-0.39, 0.29) is 5.91 Å². The lowest BCUT2D eigenvalue weighted by Gasteiger charge is -2.16. The minimum Gasteiger partial charge on any atom is -0.497 e. The first-order chi connectivity index (χ1) is 7.20. The summed E-state index contributed by atoms with van der Waals surface area (Å²) in [4.78, 5) is 13.5. The lowest BCUT2D eigenvalue weighted by molar-refractivity contribution is -0.117. The predicted molar refractivity (Wildman–Crippen MR) is 59.1 cm³/mol.